The second kappa shape index (κ2) is 6.09. The summed E-state index contributed by atoms with van der Waals surface area (Å²) < 4.78 is 0. The molecule has 0 unspecified atom stereocenters. The zero-order chi connectivity index (χ0) is 12.0. The first kappa shape index (κ1) is 12.5. The van der Waals surface area contributed by atoms with Gasteiger partial charge >= 0.3 is 0 Å². The van der Waals surface area contributed by atoms with Crippen molar-refractivity contribution in [1.82, 2.24) is 0 Å². The number of halogens is 1. The molecule has 0 aliphatic rings. The topological polar surface area (TPSA) is 17.1 Å². The predicted molar refractivity (Wildman–Crippen MR) is 69.4 cm³/mol. The van der Waals surface area contributed by atoms with Gasteiger partial charge < -0.3 is 0 Å². The molecule has 1 aromatic rings. The van der Waals surface area contributed by atoms with Gasteiger partial charge in [0.15, 0.2) is 5.78 Å². The number of rotatable bonds is 4. The molecule has 1 aromatic carbocycles. The van der Waals surface area contributed by atoms with Crippen molar-refractivity contribution in [3.8, 4) is 0 Å². The average molecular weight is 233 g/mol. The van der Waals surface area contributed by atoms with E-state index in [1.165, 1.54) is 0 Å². The molecule has 0 radical (unpaired) electrons. The van der Waals surface area contributed by atoms with E-state index < -0.39 is 0 Å². The lowest BCUT2D eigenvalue weighted by atomic mass is 10.1. The third-order valence-electron chi connectivity index (χ3n) is 2.05. The summed E-state index contributed by atoms with van der Waals surface area (Å²) in [6.45, 7) is 5.30. The Morgan fingerprint density at radius 1 is 1.31 bits per heavy atom. The van der Waals surface area contributed by atoms with Gasteiger partial charge in [-0.05, 0) is 36.3 Å². The van der Waals surface area contributed by atoms with E-state index in [9.17, 15) is 4.79 Å². The second-order valence-corrected chi connectivity index (χ2v) is 3.77. The van der Waals surface area contributed by atoms with Crippen molar-refractivity contribution >= 4 is 23.5 Å². The molecule has 82 valence electrons. The van der Waals surface area contributed by atoms with Crippen molar-refractivity contribution in [1.29, 1.82) is 0 Å². The fourth-order valence-electron chi connectivity index (χ4n) is 1.14. The van der Waals surface area contributed by atoms with Crippen LogP contribution in [0.4, 0.5) is 0 Å². The molecular weight excluding hydrogens is 220 g/mol. The van der Waals surface area contributed by atoms with E-state index in [0.29, 0.717) is 10.6 Å². The number of allylic oxidation sites excluding steroid dienone is 4. The van der Waals surface area contributed by atoms with E-state index >= 15 is 0 Å². The molecule has 0 fully saturated rings. The van der Waals surface area contributed by atoms with Crippen molar-refractivity contribution in [3.63, 3.8) is 0 Å². The van der Waals surface area contributed by atoms with Crippen molar-refractivity contribution in [2.45, 2.75) is 6.92 Å². The monoisotopic (exact) mass is 232 g/mol. The highest BCUT2D eigenvalue weighted by Gasteiger charge is 1.97. The molecule has 0 atom stereocenters. The van der Waals surface area contributed by atoms with Crippen LogP contribution in [0.1, 0.15) is 12.5 Å². The second-order valence-electron chi connectivity index (χ2n) is 3.33. The van der Waals surface area contributed by atoms with Crippen molar-refractivity contribution in [3.05, 3.63) is 65.2 Å². The van der Waals surface area contributed by atoms with Crippen LogP contribution in [0.3, 0.4) is 0 Å². The van der Waals surface area contributed by atoms with E-state index in [1.54, 1.807) is 43.4 Å². The smallest absolute Gasteiger partial charge is 0.181 e. The highest BCUT2D eigenvalue weighted by Crippen LogP contribution is 2.11. The summed E-state index contributed by atoms with van der Waals surface area (Å²) in [6.07, 6.45) is 6.59. The number of carbonyl (C=O) groups is 1. The first-order chi connectivity index (χ1) is 7.63. The molecule has 0 heterocycles. The first-order valence-electron chi connectivity index (χ1n) is 4.91. The lowest BCUT2D eigenvalue weighted by Gasteiger charge is -1.94. The molecule has 0 N–H and O–H groups in total. The highest BCUT2D eigenvalue weighted by atomic mass is 35.5. The fourth-order valence-corrected chi connectivity index (χ4v) is 1.26. The zero-order valence-corrected chi connectivity index (χ0v) is 9.87. The van der Waals surface area contributed by atoms with Gasteiger partial charge in [-0.2, -0.15) is 0 Å². The summed E-state index contributed by atoms with van der Waals surface area (Å²) in [5, 5.41) is 0.686. The Hall–Kier alpha value is -1.60. The molecule has 0 saturated carbocycles. The average Bonchev–Trinajstić information content (AvgIpc) is 2.28. The summed E-state index contributed by atoms with van der Waals surface area (Å²) >= 11 is 5.75. The minimum absolute atomic E-state index is 0.0187. The maximum atomic E-state index is 11.5. The van der Waals surface area contributed by atoms with E-state index in [-0.39, 0.29) is 5.78 Å². The Bertz CT molecular complexity index is 438. The lowest BCUT2D eigenvalue weighted by Crippen LogP contribution is -1.93. The predicted octanol–water partition coefficient (Wildman–Crippen LogP) is 4.05. The van der Waals surface area contributed by atoms with E-state index in [2.05, 4.69) is 6.58 Å². The van der Waals surface area contributed by atoms with Gasteiger partial charge in [-0.15, -0.1) is 0 Å². The number of benzene rings is 1. The van der Waals surface area contributed by atoms with Crippen LogP contribution in [0, 0.1) is 0 Å². The molecule has 2 heteroatoms. The Balaban J connectivity index is 2.74. The maximum absolute atomic E-state index is 11.5. The van der Waals surface area contributed by atoms with Crippen LogP contribution in [0.15, 0.2) is 54.6 Å². The number of hydrogen-bond acceptors (Lipinski definition) is 1. The zero-order valence-electron chi connectivity index (χ0n) is 9.11. The van der Waals surface area contributed by atoms with Crippen LogP contribution < -0.4 is 0 Å². The molecule has 0 aliphatic heterocycles. The summed E-state index contributed by atoms with van der Waals surface area (Å²) in [5.74, 6) is -0.0187. The van der Waals surface area contributed by atoms with Crippen molar-refractivity contribution < 1.29 is 4.79 Å². The molecular formula is C14H13ClO. The number of hydrogen-bond donors (Lipinski definition) is 0. The molecule has 16 heavy (non-hydrogen) atoms. The largest absolute Gasteiger partial charge is 0.290 e. The first-order valence-corrected chi connectivity index (χ1v) is 5.28. The van der Waals surface area contributed by atoms with Gasteiger partial charge in [0, 0.05) is 5.02 Å². The third-order valence-corrected chi connectivity index (χ3v) is 2.31. The molecule has 0 spiro atoms. The molecule has 0 aliphatic carbocycles. The molecule has 1 nitrogen and oxygen atoms in total. The van der Waals surface area contributed by atoms with E-state index in [1.807, 2.05) is 12.1 Å². The van der Waals surface area contributed by atoms with Crippen LogP contribution in [0.2, 0.25) is 5.02 Å². The van der Waals surface area contributed by atoms with E-state index in [0.717, 1.165) is 5.56 Å². The van der Waals surface area contributed by atoms with Crippen LogP contribution in [-0.2, 0) is 4.79 Å². The van der Waals surface area contributed by atoms with Crippen LogP contribution >= 0.6 is 11.6 Å². The number of carbonyl (C=O) groups excluding carboxylic acids is 1. The third kappa shape index (κ3) is 3.87. The van der Waals surface area contributed by atoms with Gasteiger partial charge in [-0.1, -0.05) is 48.5 Å². The highest BCUT2D eigenvalue weighted by molar-refractivity contribution is 6.30. The minimum atomic E-state index is -0.0187. The van der Waals surface area contributed by atoms with Gasteiger partial charge in [0.1, 0.15) is 0 Å². The Labute approximate surface area is 101 Å². The molecule has 0 aromatic heterocycles. The van der Waals surface area contributed by atoms with Gasteiger partial charge in [0.2, 0.25) is 0 Å². The summed E-state index contributed by atoms with van der Waals surface area (Å²) in [5.41, 5.74) is 1.62. The molecule has 0 saturated heterocycles. The van der Waals surface area contributed by atoms with Gasteiger partial charge in [-0.25, -0.2) is 0 Å². The van der Waals surface area contributed by atoms with Crippen LogP contribution in [0.5, 0.6) is 0 Å². The summed E-state index contributed by atoms with van der Waals surface area (Å²) in [4.78, 5) is 11.5. The normalized spacial score (nSPS) is 11.8. The summed E-state index contributed by atoms with van der Waals surface area (Å²) in [6, 6.07) is 7.30. The van der Waals surface area contributed by atoms with Crippen molar-refractivity contribution in [2.24, 2.45) is 0 Å². The molecule has 1 rings (SSSR count). The van der Waals surface area contributed by atoms with Crippen LogP contribution in [0.25, 0.3) is 6.08 Å². The Morgan fingerprint density at radius 3 is 2.50 bits per heavy atom. The quantitative estimate of drug-likeness (QED) is 0.565. The lowest BCUT2D eigenvalue weighted by molar-refractivity contribution is -0.111. The number of ketones is 1. The van der Waals surface area contributed by atoms with Gasteiger partial charge in [0.05, 0.1) is 0 Å². The Morgan fingerprint density at radius 2 is 1.94 bits per heavy atom. The SMILES string of the molecule is C=CC=C(C)C(=O)C=Cc1ccc(Cl)cc1. The molecule has 0 amide bonds. The summed E-state index contributed by atoms with van der Waals surface area (Å²) in [7, 11) is 0. The van der Waals surface area contributed by atoms with E-state index in [4.69, 9.17) is 11.6 Å². The Kier molecular flexibility index (Phi) is 4.74. The van der Waals surface area contributed by atoms with Crippen LogP contribution in [-0.4, -0.2) is 5.78 Å². The maximum Gasteiger partial charge on any atom is 0.181 e. The van der Waals surface area contributed by atoms with Crippen molar-refractivity contribution in [2.75, 3.05) is 0 Å². The standard InChI is InChI=1S/C14H13ClO/c1-3-4-11(2)14(16)10-7-12-5-8-13(15)9-6-12/h3-10H,1H2,2H3. The molecule has 0 bridgehead atoms. The minimum Gasteiger partial charge on any atom is -0.290 e. The van der Waals surface area contributed by atoms with Gasteiger partial charge in [-0.3, -0.25) is 4.79 Å². The fraction of sp³-hybridized carbons (Fsp3) is 0.0714. The van der Waals surface area contributed by atoms with Gasteiger partial charge in [0.25, 0.3) is 0 Å².